The molecular weight excluding hydrogens is 302 g/mol. The Hall–Kier alpha value is -0.960. The van der Waals surface area contributed by atoms with Crippen LogP contribution in [-0.4, -0.2) is 50.8 Å². The van der Waals surface area contributed by atoms with E-state index in [9.17, 15) is 16.8 Å². The molecule has 1 aromatic carbocycles. The molecule has 0 unspecified atom stereocenters. The summed E-state index contributed by atoms with van der Waals surface area (Å²) in [6.45, 7) is -0.0589. The van der Waals surface area contributed by atoms with Gasteiger partial charge in [-0.05, 0) is 24.1 Å². The highest BCUT2D eigenvalue weighted by molar-refractivity contribution is 7.91. The Bertz CT molecular complexity index is 682. The van der Waals surface area contributed by atoms with Gasteiger partial charge in [0.15, 0.2) is 9.84 Å². The maximum Gasteiger partial charge on any atom is 0.243 e. The van der Waals surface area contributed by atoms with E-state index in [1.165, 1.54) is 16.4 Å². The van der Waals surface area contributed by atoms with E-state index in [1.807, 2.05) is 0 Å². The van der Waals surface area contributed by atoms with Crippen LogP contribution in [-0.2, 0) is 26.5 Å². The lowest BCUT2D eigenvalue weighted by Gasteiger charge is -2.19. The summed E-state index contributed by atoms with van der Waals surface area (Å²) in [4.78, 5) is 0.0864. The fourth-order valence-corrected chi connectivity index (χ4v) is 5.05. The highest BCUT2D eigenvalue weighted by Crippen LogP contribution is 2.19. The number of benzene rings is 1. The molecule has 1 heterocycles. The number of aliphatic hydroxyl groups is 1. The van der Waals surface area contributed by atoms with Crippen molar-refractivity contribution >= 4 is 19.9 Å². The predicted molar refractivity (Wildman–Crippen MR) is 74.4 cm³/mol. The second kappa shape index (κ2) is 5.80. The number of aliphatic hydroxyl groups excluding tert-OH is 1. The summed E-state index contributed by atoms with van der Waals surface area (Å²) in [6.07, 6.45) is 0.307. The zero-order valence-corrected chi connectivity index (χ0v) is 12.5. The molecule has 20 heavy (non-hydrogen) atoms. The minimum absolute atomic E-state index is 0.0198. The predicted octanol–water partition coefficient (Wildman–Crippen LogP) is -0.0119. The molecule has 0 radical (unpaired) electrons. The van der Waals surface area contributed by atoms with Gasteiger partial charge in [0.2, 0.25) is 10.0 Å². The molecule has 1 aliphatic heterocycles. The number of hydrogen-bond acceptors (Lipinski definition) is 5. The molecule has 0 aliphatic carbocycles. The number of nitrogens with zero attached hydrogens (tertiary/aromatic N) is 1. The lowest BCUT2D eigenvalue weighted by atomic mass is 10.2. The highest BCUT2D eigenvalue weighted by atomic mass is 32.2. The minimum Gasteiger partial charge on any atom is -0.392 e. The van der Waals surface area contributed by atoms with E-state index in [1.54, 1.807) is 12.1 Å². The van der Waals surface area contributed by atoms with Crippen molar-refractivity contribution in [3.05, 3.63) is 29.8 Å². The molecule has 0 spiro atoms. The van der Waals surface area contributed by atoms with Gasteiger partial charge in [0.25, 0.3) is 0 Å². The van der Waals surface area contributed by atoms with Crippen LogP contribution in [0.3, 0.4) is 0 Å². The van der Waals surface area contributed by atoms with Gasteiger partial charge in [0.1, 0.15) is 0 Å². The number of hydrogen-bond donors (Lipinski definition) is 1. The van der Waals surface area contributed by atoms with Crippen LogP contribution in [0.2, 0.25) is 0 Å². The Labute approximate surface area is 119 Å². The largest absolute Gasteiger partial charge is 0.392 e. The second-order valence-corrected chi connectivity index (χ2v) is 8.96. The molecule has 1 aromatic rings. The topological polar surface area (TPSA) is 91.8 Å². The zero-order chi connectivity index (χ0) is 14.8. The average molecular weight is 319 g/mol. The van der Waals surface area contributed by atoms with Crippen molar-refractivity contribution in [2.45, 2.75) is 17.9 Å². The summed E-state index contributed by atoms with van der Waals surface area (Å²) < 4.78 is 49.2. The first-order chi connectivity index (χ1) is 9.35. The monoisotopic (exact) mass is 319 g/mol. The fourth-order valence-electron chi connectivity index (χ4n) is 2.11. The first-order valence-electron chi connectivity index (χ1n) is 6.25. The van der Waals surface area contributed by atoms with Gasteiger partial charge in [-0.3, -0.25) is 0 Å². The maximum absolute atomic E-state index is 12.5. The summed E-state index contributed by atoms with van der Waals surface area (Å²) in [7, 11) is -6.86. The van der Waals surface area contributed by atoms with Crippen LogP contribution in [0.25, 0.3) is 0 Å². The maximum atomic E-state index is 12.5. The standard InChI is InChI=1S/C12H17NO5S2/c14-10-11-3-1-4-12(9-11)20(17,18)13-5-2-7-19(15,16)8-6-13/h1,3-4,9,14H,2,5-8,10H2. The first-order valence-corrected chi connectivity index (χ1v) is 9.52. The molecule has 0 bridgehead atoms. The Morgan fingerprint density at radius 2 is 1.95 bits per heavy atom. The second-order valence-electron chi connectivity index (χ2n) is 4.71. The van der Waals surface area contributed by atoms with Crippen molar-refractivity contribution in [3.8, 4) is 0 Å². The van der Waals surface area contributed by atoms with Crippen LogP contribution in [0.15, 0.2) is 29.2 Å². The van der Waals surface area contributed by atoms with Crippen LogP contribution >= 0.6 is 0 Å². The summed E-state index contributed by atoms with van der Waals surface area (Å²) in [5.74, 6) is -0.123. The number of sulfonamides is 1. The lowest BCUT2D eigenvalue weighted by Crippen LogP contribution is -2.33. The SMILES string of the molecule is O=S1(=O)CCCN(S(=O)(=O)c2cccc(CO)c2)CC1. The molecule has 0 aromatic heterocycles. The van der Waals surface area contributed by atoms with Gasteiger partial charge in [-0.1, -0.05) is 12.1 Å². The molecule has 0 amide bonds. The van der Waals surface area contributed by atoms with Crippen molar-refractivity contribution in [1.29, 1.82) is 0 Å². The molecule has 2 rings (SSSR count). The summed E-state index contributed by atoms with van der Waals surface area (Å²) in [5, 5.41) is 9.06. The van der Waals surface area contributed by atoms with E-state index in [0.717, 1.165) is 0 Å². The summed E-state index contributed by atoms with van der Waals surface area (Å²) in [5.41, 5.74) is 0.508. The molecule has 112 valence electrons. The third-order valence-corrected chi connectivity index (χ3v) is 6.84. The van der Waals surface area contributed by atoms with Crippen molar-refractivity contribution in [1.82, 2.24) is 4.31 Å². The van der Waals surface area contributed by atoms with Crippen molar-refractivity contribution in [2.75, 3.05) is 24.6 Å². The molecule has 1 fully saturated rings. The van der Waals surface area contributed by atoms with Crippen LogP contribution < -0.4 is 0 Å². The zero-order valence-electron chi connectivity index (χ0n) is 10.9. The third kappa shape index (κ3) is 3.38. The molecule has 1 N–H and O–H groups in total. The first kappa shape index (κ1) is 15.4. The van der Waals surface area contributed by atoms with Gasteiger partial charge in [0, 0.05) is 13.1 Å². The van der Waals surface area contributed by atoms with Gasteiger partial charge in [-0.15, -0.1) is 0 Å². The summed E-state index contributed by atoms with van der Waals surface area (Å²) >= 11 is 0. The van der Waals surface area contributed by atoms with Gasteiger partial charge in [0.05, 0.1) is 23.0 Å². The fraction of sp³-hybridized carbons (Fsp3) is 0.500. The average Bonchev–Trinajstić information content (AvgIpc) is 2.60. The Kier molecular flexibility index (Phi) is 4.48. The number of rotatable bonds is 3. The quantitative estimate of drug-likeness (QED) is 0.846. The number of sulfone groups is 1. The Morgan fingerprint density at radius 3 is 2.65 bits per heavy atom. The van der Waals surface area contributed by atoms with E-state index >= 15 is 0 Å². The molecule has 0 atom stereocenters. The Morgan fingerprint density at radius 1 is 1.20 bits per heavy atom. The highest BCUT2D eigenvalue weighted by Gasteiger charge is 2.28. The third-order valence-electron chi connectivity index (χ3n) is 3.23. The lowest BCUT2D eigenvalue weighted by molar-refractivity contribution is 0.281. The van der Waals surface area contributed by atoms with Crippen molar-refractivity contribution in [2.24, 2.45) is 0 Å². The van der Waals surface area contributed by atoms with Crippen LogP contribution in [0.5, 0.6) is 0 Å². The van der Waals surface area contributed by atoms with Gasteiger partial charge in [-0.25, -0.2) is 16.8 Å². The van der Waals surface area contributed by atoms with E-state index in [-0.39, 0.29) is 36.1 Å². The molecular formula is C12H17NO5S2. The van der Waals surface area contributed by atoms with E-state index in [4.69, 9.17) is 5.11 Å². The molecule has 6 nitrogen and oxygen atoms in total. The molecule has 8 heteroatoms. The van der Waals surface area contributed by atoms with Gasteiger partial charge >= 0.3 is 0 Å². The minimum atomic E-state index is -3.71. The van der Waals surface area contributed by atoms with Gasteiger partial charge < -0.3 is 5.11 Å². The molecule has 1 aliphatic rings. The van der Waals surface area contributed by atoms with E-state index in [2.05, 4.69) is 0 Å². The van der Waals surface area contributed by atoms with Crippen LogP contribution in [0.4, 0.5) is 0 Å². The molecule has 0 saturated carbocycles. The van der Waals surface area contributed by atoms with Crippen molar-refractivity contribution in [3.63, 3.8) is 0 Å². The summed E-state index contributed by atoms with van der Waals surface area (Å²) in [6, 6.07) is 6.06. The van der Waals surface area contributed by atoms with Crippen molar-refractivity contribution < 1.29 is 21.9 Å². The van der Waals surface area contributed by atoms with Crippen LogP contribution in [0, 0.1) is 0 Å². The van der Waals surface area contributed by atoms with E-state index < -0.39 is 19.9 Å². The normalized spacial score (nSPS) is 20.4. The smallest absolute Gasteiger partial charge is 0.243 e. The Balaban J connectivity index is 2.30. The molecule has 1 saturated heterocycles. The van der Waals surface area contributed by atoms with Crippen LogP contribution in [0.1, 0.15) is 12.0 Å². The van der Waals surface area contributed by atoms with Gasteiger partial charge in [-0.2, -0.15) is 4.31 Å². The van der Waals surface area contributed by atoms with E-state index in [0.29, 0.717) is 12.0 Å².